The molecule has 80 valence electrons. The first-order chi connectivity index (χ1) is 7.08. The molecule has 0 aliphatic heterocycles. The van der Waals surface area contributed by atoms with Gasteiger partial charge in [-0.15, -0.1) is 0 Å². The summed E-state index contributed by atoms with van der Waals surface area (Å²) in [6.45, 7) is 4.01. The predicted molar refractivity (Wildman–Crippen MR) is 62.3 cm³/mol. The van der Waals surface area contributed by atoms with E-state index in [1.165, 1.54) is 5.56 Å². The quantitative estimate of drug-likeness (QED) is 0.848. The third-order valence-electron chi connectivity index (χ3n) is 2.32. The molecule has 0 aliphatic carbocycles. The molecule has 0 bridgehead atoms. The lowest BCUT2D eigenvalue weighted by Crippen LogP contribution is -2.19. The topological polar surface area (TPSA) is 43.3 Å². The minimum atomic E-state index is 0.0900. The summed E-state index contributed by atoms with van der Waals surface area (Å²) < 4.78 is 2.01. The Kier molecular flexibility index (Phi) is 2.67. The summed E-state index contributed by atoms with van der Waals surface area (Å²) in [5, 5.41) is 0.547. The van der Waals surface area contributed by atoms with Gasteiger partial charge in [0.05, 0.1) is 5.52 Å². The molecule has 0 saturated heterocycles. The number of fused-ring (bicyclic) bond motifs is 1. The van der Waals surface area contributed by atoms with E-state index in [1.807, 2.05) is 36.6 Å². The van der Waals surface area contributed by atoms with Gasteiger partial charge in [-0.3, -0.25) is 0 Å². The smallest absolute Gasteiger partial charge is 0.155 e. The highest BCUT2D eigenvalue weighted by molar-refractivity contribution is 6.32. The molecule has 2 aromatic heterocycles. The average molecular weight is 224 g/mol. The SMILES string of the molecule is Cc1ccc2c(Cl)nc(CC(C)N)n2c1. The summed E-state index contributed by atoms with van der Waals surface area (Å²) >= 11 is 6.04. The van der Waals surface area contributed by atoms with Crippen LogP contribution in [0.1, 0.15) is 18.3 Å². The Bertz CT molecular complexity index is 488. The van der Waals surface area contributed by atoms with Crippen molar-refractivity contribution in [2.75, 3.05) is 0 Å². The van der Waals surface area contributed by atoms with Gasteiger partial charge in [-0.1, -0.05) is 17.7 Å². The van der Waals surface area contributed by atoms with Gasteiger partial charge in [0.25, 0.3) is 0 Å². The Labute approximate surface area is 93.9 Å². The molecule has 0 spiro atoms. The normalized spacial score (nSPS) is 13.3. The summed E-state index contributed by atoms with van der Waals surface area (Å²) in [6.07, 6.45) is 2.77. The molecular weight excluding hydrogens is 210 g/mol. The van der Waals surface area contributed by atoms with E-state index in [-0.39, 0.29) is 6.04 Å². The number of rotatable bonds is 2. The van der Waals surface area contributed by atoms with Crippen LogP contribution in [-0.4, -0.2) is 15.4 Å². The fourth-order valence-electron chi connectivity index (χ4n) is 1.65. The zero-order valence-electron chi connectivity index (χ0n) is 8.87. The molecule has 15 heavy (non-hydrogen) atoms. The summed E-state index contributed by atoms with van der Waals surface area (Å²) in [7, 11) is 0. The molecule has 2 heterocycles. The second kappa shape index (κ2) is 3.83. The number of imidazole rings is 1. The molecule has 3 nitrogen and oxygen atoms in total. The number of hydrogen-bond donors (Lipinski definition) is 1. The van der Waals surface area contributed by atoms with Crippen LogP contribution >= 0.6 is 11.6 Å². The van der Waals surface area contributed by atoms with Crippen LogP contribution < -0.4 is 5.73 Å². The van der Waals surface area contributed by atoms with Crippen LogP contribution in [-0.2, 0) is 6.42 Å². The maximum atomic E-state index is 6.04. The van der Waals surface area contributed by atoms with Crippen LogP contribution in [0.3, 0.4) is 0 Å². The van der Waals surface area contributed by atoms with Crippen molar-refractivity contribution >= 4 is 17.1 Å². The van der Waals surface area contributed by atoms with E-state index in [4.69, 9.17) is 17.3 Å². The van der Waals surface area contributed by atoms with Crippen LogP contribution in [0.25, 0.3) is 5.52 Å². The van der Waals surface area contributed by atoms with E-state index in [1.54, 1.807) is 0 Å². The zero-order valence-corrected chi connectivity index (χ0v) is 9.62. The molecule has 0 fully saturated rings. The highest BCUT2D eigenvalue weighted by Gasteiger charge is 2.10. The molecule has 4 heteroatoms. The van der Waals surface area contributed by atoms with Crippen molar-refractivity contribution in [1.82, 2.24) is 9.38 Å². The van der Waals surface area contributed by atoms with Crippen molar-refractivity contribution in [2.24, 2.45) is 5.73 Å². The van der Waals surface area contributed by atoms with Gasteiger partial charge in [-0.05, 0) is 25.5 Å². The second-order valence-electron chi connectivity index (χ2n) is 3.96. The number of nitrogens with two attached hydrogens (primary N) is 1. The largest absolute Gasteiger partial charge is 0.328 e. The number of nitrogens with zero attached hydrogens (tertiary/aromatic N) is 2. The molecule has 0 aliphatic rings. The second-order valence-corrected chi connectivity index (χ2v) is 4.32. The molecule has 0 saturated carbocycles. The van der Waals surface area contributed by atoms with E-state index < -0.39 is 0 Å². The fourth-order valence-corrected chi connectivity index (χ4v) is 1.90. The van der Waals surface area contributed by atoms with Gasteiger partial charge in [0.2, 0.25) is 0 Å². The number of hydrogen-bond acceptors (Lipinski definition) is 2. The van der Waals surface area contributed by atoms with E-state index in [0.717, 1.165) is 17.8 Å². The Morgan fingerprint density at radius 1 is 1.53 bits per heavy atom. The molecule has 2 N–H and O–H groups in total. The Morgan fingerprint density at radius 2 is 2.27 bits per heavy atom. The molecule has 1 unspecified atom stereocenters. The maximum absolute atomic E-state index is 6.04. The standard InChI is InChI=1S/C11H14ClN3/c1-7-3-4-9-11(12)14-10(5-8(2)13)15(9)6-7/h3-4,6,8H,5,13H2,1-2H3. The van der Waals surface area contributed by atoms with Crippen LogP contribution in [0.2, 0.25) is 5.15 Å². The van der Waals surface area contributed by atoms with Gasteiger partial charge < -0.3 is 10.1 Å². The third-order valence-corrected chi connectivity index (χ3v) is 2.60. The van der Waals surface area contributed by atoms with E-state index in [2.05, 4.69) is 4.98 Å². The summed E-state index contributed by atoms with van der Waals surface area (Å²) in [5.74, 6) is 0.925. The van der Waals surface area contributed by atoms with Crippen LogP contribution in [0.15, 0.2) is 18.3 Å². The lowest BCUT2D eigenvalue weighted by Gasteiger charge is -2.04. The van der Waals surface area contributed by atoms with Gasteiger partial charge in [0, 0.05) is 18.7 Å². The van der Waals surface area contributed by atoms with E-state index >= 15 is 0 Å². The first kappa shape index (κ1) is 10.5. The number of aryl methyl sites for hydroxylation is 1. The molecule has 0 amide bonds. The number of halogens is 1. The predicted octanol–water partition coefficient (Wildman–Crippen LogP) is 2.19. The summed E-state index contributed by atoms with van der Waals surface area (Å²) in [5.41, 5.74) is 7.89. The van der Waals surface area contributed by atoms with Crippen molar-refractivity contribution in [3.63, 3.8) is 0 Å². The summed E-state index contributed by atoms with van der Waals surface area (Å²) in [6, 6.07) is 4.10. The molecule has 2 aromatic rings. The Hall–Kier alpha value is -1.06. The van der Waals surface area contributed by atoms with E-state index in [0.29, 0.717) is 5.15 Å². The van der Waals surface area contributed by atoms with Gasteiger partial charge in [-0.2, -0.15) is 0 Å². The van der Waals surface area contributed by atoms with Crippen LogP contribution in [0, 0.1) is 6.92 Å². The van der Waals surface area contributed by atoms with Crippen molar-refractivity contribution in [2.45, 2.75) is 26.3 Å². The number of pyridine rings is 1. The van der Waals surface area contributed by atoms with Crippen molar-refractivity contribution < 1.29 is 0 Å². The van der Waals surface area contributed by atoms with Crippen LogP contribution in [0.5, 0.6) is 0 Å². The Morgan fingerprint density at radius 3 is 2.93 bits per heavy atom. The van der Waals surface area contributed by atoms with E-state index in [9.17, 15) is 0 Å². The molecule has 0 aromatic carbocycles. The minimum Gasteiger partial charge on any atom is -0.328 e. The van der Waals surface area contributed by atoms with Gasteiger partial charge in [0.15, 0.2) is 5.15 Å². The lowest BCUT2D eigenvalue weighted by molar-refractivity contribution is 0.699. The van der Waals surface area contributed by atoms with Crippen molar-refractivity contribution in [1.29, 1.82) is 0 Å². The third kappa shape index (κ3) is 1.98. The number of aromatic nitrogens is 2. The maximum Gasteiger partial charge on any atom is 0.155 e. The van der Waals surface area contributed by atoms with Gasteiger partial charge in [0.1, 0.15) is 5.82 Å². The highest BCUT2D eigenvalue weighted by Crippen LogP contribution is 2.19. The summed E-state index contributed by atoms with van der Waals surface area (Å²) in [4.78, 5) is 4.32. The van der Waals surface area contributed by atoms with Crippen molar-refractivity contribution in [3.05, 3.63) is 34.9 Å². The Balaban J connectivity index is 2.59. The fraction of sp³-hybridized carbons (Fsp3) is 0.364. The highest BCUT2D eigenvalue weighted by atomic mass is 35.5. The van der Waals surface area contributed by atoms with Gasteiger partial charge >= 0.3 is 0 Å². The molecule has 0 radical (unpaired) electrons. The monoisotopic (exact) mass is 223 g/mol. The molecular formula is C11H14ClN3. The molecule has 2 rings (SSSR count). The first-order valence-electron chi connectivity index (χ1n) is 4.96. The molecule has 1 atom stereocenters. The average Bonchev–Trinajstić information content (AvgIpc) is 2.42. The first-order valence-corrected chi connectivity index (χ1v) is 5.34. The van der Waals surface area contributed by atoms with Crippen molar-refractivity contribution in [3.8, 4) is 0 Å². The zero-order chi connectivity index (χ0) is 11.0. The lowest BCUT2D eigenvalue weighted by atomic mass is 10.2. The minimum absolute atomic E-state index is 0.0900. The van der Waals surface area contributed by atoms with Crippen LogP contribution in [0.4, 0.5) is 0 Å². The van der Waals surface area contributed by atoms with Gasteiger partial charge in [-0.25, -0.2) is 4.98 Å².